The number of fused-ring (bicyclic) bond motifs is 2. The topological polar surface area (TPSA) is 91.1 Å². The number of carbonyl (C=O) groups excluding carboxylic acids is 4. The highest BCUT2D eigenvalue weighted by Crippen LogP contribution is 2.49. The maximum Gasteiger partial charge on any atom is 0.346 e. The minimum absolute atomic E-state index is 0.168. The zero-order valence-electron chi connectivity index (χ0n) is 16.9. The molecule has 5 aromatic carbocycles. The summed E-state index contributed by atoms with van der Waals surface area (Å²) in [5.41, 5.74) is 1.98. The van der Waals surface area contributed by atoms with Gasteiger partial charge in [0.05, 0.1) is 28.8 Å². The minimum Gasteiger partial charge on any atom is -0.386 e. The van der Waals surface area contributed by atoms with Gasteiger partial charge in [-0.25, -0.2) is 24.0 Å². The molecule has 154 valence electrons. The van der Waals surface area contributed by atoms with E-state index in [2.05, 4.69) is 4.85 Å². The second-order valence-electron chi connectivity index (χ2n) is 8.22. The Balaban J connectivity index is 1.89. The van der Waals surface area contributed by atoms with Gasteiger partial charge in [-0.1, -0.05) is 12.1 Å². The molecule has 0 aliphatic carbocycles. The number of carbonyl (C=O) groups is 4. The predicted octanol–water partition coefficient (Wildman–Crippen LogP) is 5.22. The van der Waals surface area contributed by atoms with Gasteiger partial charge in [-0.15, -0.1) is 0 Å². The molecule has 0 radical (unpaired) electrons. The second kappa shape index (κ2) is 5.50. The monoisotopic (exact) mass is 431 g/mol. The Morgan fingerprint density at radius 3 is 1.67 bits per heavy atom. The lowest BCUT2D eigenvalue weighted by atomic mass is 9.81. The van der Waals surface area contributed by atoms with Gasteiger partial charge in [0.2, 0.25) is 0 Å². The molecule has 2 aliphatic rings. The first kappa shape index (κ1) is 17.8. The fourth-order valence-corrected chi connectivity index (χ4v) is 5.43. The number of benzene rings is 5. The first-order valence-corrected chi connectivity index (χ1v) is 10.1. The summed E-state index contributed by atoms with van der Waals surface area (Å²) in [5.74, 6) is -2.96. The molecule has 0 spiro atoms. The van der Waals surface area contributed by atoms with E-state index in [-0.39, 0.29) is 22.4 Å². The molecule has 0 N–H and O–H groups in total. The van der Waals surface area contributed by atoms with Crippen molar-refractivity contribution in [1.82, 2.24) is 0 Å². The van der Waals surface area contributed by atoms with E-state index in [0.29, 0.717) is 37.9 Å². The van der Waals surface area contributed by atoms with Crippen molar-refractivity contribution in [3.63, 3.8) is 0 Å². The maximum atomic E-state index is 12.6. The average molecular weight is 431 g/mol. The van der Waals surface area contributed by atoms with E-state index >= 15 is 0 Å². The molecule has 0 aromatic heterocycles. The van der Waals surface area contributed by atoms with Crippen molar-refractivity contribution in [2.24, 2.45) is 0 Å². The van der Waals surface area contributed by atoms with Gasteiger partial charge in [0.1, 0.15) is 0 Å². The van der Waals surface area contributed by atoms with E-state index in [1.807, 2.05) is 6.92 Å². The summed E-state index contributed by atoms with van der Waals surface area (Å²) < 4.78 is 9.82. The molecule has 0 saturated heterocycles. The molecule has 0 atom stereocenters. The van der Waals surface area contributed by atoms with Crippen molar-refractivity contribution < 1.29 is 28.7 Å². The smallest absolute Gasteiger partial charge is 0.346 e. The third-order valence-corrected chi connectivity index (χ3v) is 6.65. The minimum atomic E-state index is -0.790. The highest BCUT2D eigenvalue weighted by Gasteiger charge is 2.34. The van der Waals surface area contributed by atoms with Gasteiger partial charge in [0, 0.05) is 10.8 Å². The van der Waals surface area contributed by atoms with Gasteiger partial charge in [0.15, 0.2) is 5.69 Å². The first-order chi connectivity index (χ1) is 15.9. The fourth-order valence-electron chi connectivity index (χ4n) is 5.43. The second-order valence-corrected chi connectivity index (χ2v) is 8.22. The van der Waals surface area contributed by atoms with Gasteiger partial charge in [-0.05, 0) is 69.1 Å². The molecule has 33 heavy (non-hydrogen) atoms. The third kappa shape index (κ3) is 1.90. The van der Waals surface area contributed by atoms with Crippen molar-refractivity contribution in [3.8, 4) is 0 Å². The maximum absolute atomic E-state index is 12.6. The van der Waals surface area contributed by atoms with Gasteiger partial charge in [0.25, 0.3) is 0 Å². The van der Waals surface area contributed by atoms with Crippen LogP contribution in [0.2, 0.25) is 0 Å². The van der Waals surface area contributed by atoms with Crippen molar-refractivity contribution in [2.75, 3.05) is 0 Å². The largest absolute Gasteiger partial charge is 0.386 e. The van der Waals surface area contributed by atoms with Gasteiger partial charge in [-0.3, -0.25) is 0 Å². The lowest BCUT2D eigenvalue weighted by Crippen LogP contribution is -2.20. The van der Waals surface area contributed by atoms with E-state index in [4.69, 9.17) is 16.0 Å². The van der Waals surface area contributed by atoms with Crippen LogP contribution < -0.4 is 0 Å². The Kier molecular flexibility index (Phi) is 2.97. The number of ether oxygens (including phenoxy) is 2. The first-order valence-electron chi connectivity index (χ1n) is 10.1. The predicted molar refractivity (Wildman–Crippen MR) is 118 cm³/mol. The highest BCUT2D eigenvalue weighted by molar-refractivity contribution is 6.42. The summed E-state index contributed by atoms with van der Waals surface area (Å²) in [6.07, 6.45) is 0. The number of hydrogen-bond acceptors (Lipinski definition) is 6. The zero-order valence-corrected chi connectivity index (χ0v) is 16.9. The summed E-state index contributed by atoms with van der Waals surface area (Å²) >= 11 is 0. The summed E-state index contributed by atoms with van der Waals surface area (Å²) in [6.45, 7) is 9.65. The summed E-state index contributed by atoms with van der Waals surface area (Å²) in [4.78, 5) is 53.7. The van der Waals surface area contributed by atoms with Crippen LogP contribution in [0.1, 0.15) is 47.0 Å². The molecule has 0 saturated carbocycles. The number of esters is 4. The molecule has 5 aromatic rings. The van der Waals surface area contributed by atoms with Crippen molar-refractivity contribution >= 4 is 72.7 Å². The van der Waals surface area contributed by atoms with Gasteiger partial charge in [-0.2, -0.15) is 0 Å². The van der Waals surface area contributed by atoms with Crippen molar-refractivity contribution in [2.45, 2.75) is 6.92 Å². The lowest BCUT2D eigenvalue weighted by molar-refractivity contribution is 0.0373. The Bertz CT molecular complexity index is 1910. The van der Waals surface area contributed by atoms with E-state index in [0.717, 1.165) is 16.3 Å². The molecule has 7 heteroatoms. The number of nitrogens with zero attached hydrogens (tertiary/aromatic N) is 1. The molecular formula is C26H9NO6. The van der Waals surface area contributed by atoms with Crippen LogP contribution in [0.25, 0.3) is 47.9 Å². The highest BCUT2D eigenvalue weighted by atomic mass is 16.6. The quantitative estimate of drug-likeness (QED) is 0.110. The zero-order chi connectivity index (χ0) is 22.8. The number of aryl methyl sites for hydroxylation is 1. The Morgan fingerprint density at radius 1 is 0.606 bits per heavy atom. The lowest BCUT2D eigenvalue weighted by Gasteiger charge is -2.24. The number of rotatable bonds is 0. The van der Waals surface area contributed by atoms with Crippen LogP contribution in [0.5, 0.6) is 0 Å². The standard InChI is InChI=1S/C26H9NO6/c1-9-7-14-18-12(23(28)32-25(14)30)6-4-11-20-16(27-2)8-15-19-13(24(29)33-26(15)31)5-3-10(22(19)20)17(9)21(11)18/h3-8H,1H3. The van der Waals surface area contributed by atoms with E-state index < -0.39 is 23.9 Å². The third-order valence-electron chi connectivity index (χ3n) is 6.65. The SMILES string of the molecule is [C-]#[N+]c1cc2c3c(ccc4c5c(C)cc6c7c(ccc(c1c34)c75)C(=O)OC6=O)C(=O)OC2=O. The van der Waals surface area contributed by atoms with Crippen LogP contribution >= 0.6 is 0 Å². The van der Waals surface area contributed by atoms with Crippen LogP contribution in [0.15, 0.2) is 36.4 Å². The van der Waals surface area contributed by atoms with Crippen LogP contribution in [0.3, 0.4) is 0 Å². The molecule has 2 aliphatic heterocycles. The van der Waals surface area contributed by atoms with Crippen LogP contribution in [0.4, 0.5) is 5.69 Å². The van der Waals surface area contributed by atoms with Crippen LogP contribution in [-0.2, 0) is 9.47 Å². The molecular weight excluding hydrogens is 422 g/mol. The normalized spacial score (nSPS) is 14.9. The van der Waals surface area contributed by atoms with Gasteiger partial charge < -0.3 is 9.47 Å². The molecule has 2 heterocycles. The number of hydrogen-bond donors (Lipinski definition) is 0. The molecule has 7 rings (SSSR count). The summed E-state index contributed by atoms with van der Waals surface area (Å²) in [5, 5.41) is 4.95. The molecule has 0 bridgehead atoms. The molecule has 0 fully saturated rings. The Morgan fingerprint density at radius 2 is 1.09 bits per heavy atom. The summed E-state index contributed by atoms with van der Waals surface area (Å²) in [6, 6.07) is 9.82. The summed E-state index contributed by atoms with van der Waals surface area (Å²) in [7, 11) is 0. The fraction of sp³-hybridized carbons (Fsp3) is 0.0385. The van der Waals surface area contributed by atoms with E-state index in [9.17, 15) is 19.2 Å². The van der Waals surface area contributed by atoms with Crippen LogP contribution in [-0.4, -0.2) is 23.9 Å². The van der Waals surface area contributed by atoms with Crippen LogP contribution in [0, 0.1) is 13.5 Å². The van der Waals surface area contributed by atoms with Crippen molar-refractivity contribution in [3.05, 3.63) is 75.6 Å². The molecule has 0 unspecified atom stereocenters. The van der Waals surface area contributed by atoms with E-state index in [1.54, 1.807) is 30.3 Å². The van der Waals surface area contributed by atoms with Gasteiger partial charge >= 0.3 is 23.9 Å². The molecule has 7 nitrogen and oxygen atoms in total. The Hall–Kier alpha value is -4.83. The Labute approximate surface area is 184 Å². The molecule has 0 amide bonds. The average Bonchev–Trinajstić information content (AvgIpc) is 2.80. The van der Waals surface area contributed by atoms with Crippen molar-refractivity contribution in [1.29, 1.82) is 0 Å². The van der Waals surface area contributed by atoms with E-state index in [1.165, 1.54) is 6.07 Å². The number of cyclic esters (lactones) is 4.